The topological polar surface area (TPSA) is 91.7 Å². The standard InChI is InChI=1S/C36H31BrN4O4S2/c1-3-39(4-2)26-15-10-22(11-16-26)29-30-31(34(44)41(33(30)43)27-17-12-24(37)13-18-27)46-35-32(29)47-36(45)40(35)20-28(42)38-25-14-9-21-7-5-6-8-23(21)19-25/h5-19,29-31H,3-4,20H2,1-2H3,(H,38,42)/t29-,30?,31?/m1/s1. The van der Waals surface area contributed by atoms with E-state index in [9.17, 15) is 19.2 Å². The Labute approximate surface area is 288 Å². The van der Waals surface area contributed by atoms with Crippen LogP contribution in [0.4, 0.5) is 17.1 Å². The van der Waals surface area contributed by atoms with Crippen LogP contribution < -0.4 is 20.0 Å². The Morgan fingerprint density at radius 3 is 2.28 bits per heavy atom. The predicted octanol–water partition coefficient (Wildman–Crippen LogP) is 7.11. The summed E-state index contributed by atoms with van der Waals surface area (Å²) in [5, 5.41) is 4.79. The fraction of sp³-hybridized carbons (Fsp3) is 0.222. The van der Waals surface area contributed by atoms with Gasteiger partial charge < -0.3 is 10.2 Å². The molecule has 2 aliphatic heterocycles. The molecule has 0 saturated carbocycles. The number of rotatable bonds is 8. The number of fused-ring (bicyclic) bond motifs is 3. The zero-order chi connectivity index (χ0) is 32.8. The molecule has 4 aromatic carbocycles. The average Bonchev–Trinajstić information content (AvgIpc) is 3.52. The number of halogens is 1. The smallest absolute Gasteiger partial charge is 0.308 e. The first-order valence-electron chi connectivity index (χ1n) is 15.4. The van der Waals surface area contributed by atoms with Crippen molar-refractivity contribution < 1.29 is 14.4 Å². The van der Waals surface area contributed by atoms with Crippen molar-refractivity contribution in [2.45, 2.75) is 36.6 Å². The zero-order valence-electron chi connectivity index (χ0n) is 25.7. The summed E-state index contributed by atoms with van der Waals surface area (Å²) >= 11 is 5.70. The Balaban J connectivity index is 1.26. The molecule has 8 nitrogen and oxygen atoms in total. The number of anilines is 3. The fourth-order valence-corrected chi connectivity index (χ4v) is 9.59. The highest BCUT2D eigenvalue weighted by Gasteiger charge is 2.56. The number of hydrogen-bond acceptors (Lipinski definition) is 7. The number of aromatic nitrogens is 1. The highest BCUT2D eigenvalue weighted by atomic mass is 79.9. The molecule has 3 amide bonds. The van der Waals surface area contributed by atoms with Gasteiger partial charge in [0.2, 0.25) is 17.7 Å². The first kappa shape index (κ1) is 31.4. The largest absolute Gasteiger partial charge is 0.372 e. The molecule has 1 fully saturated rings. The Morgan fingerprint density at radius 2 is 1.57 bits per heavy atom. The maximum absolute atomic E-state index is 14.2. The molecule has 238 valence electrons. The molecule has 11 heteroatoms. The van der Waals surface area contributed by atoms with Gasteiger partial charge in [0.05, 0.1) is 16.6 Å². The summed E-state index contributed by atoms with van der Waals surface area (Å²) in [5.41, 5.74) is 3.04. The molecular weight excluding hydrogens is 696 g/mol. The van der Waals surface area contributed by atoms with Crippen molar-refractivity contribution >= 4 is 84.6 Å². The third-order valence-electron chi connectivity index (χ3n) is 8.85. The van der Waals surface area contributed by atoms with Gasteiger partial charge in [-0.15, -0.1) is 0 Å². The van der Waals surface area contributed by atoms with Gasteiger partial charge in [0.25, 0.3) is 0 Å². The van der Waals surface area contributed by atoms with E-state index in [1.54, 1.807) is 24.3 Å². The summed E-state index contributed by atoms with van der Waals surface area (Å²) in [4.78, 5) is 59.1. The summed E-state index contributed by atoms with van der Waals surface area (Å²) in [5.74, 6) is -2.20. The normalized spacial score (nSPS) is 18.7. The van der Waals surface area contributed by atoms with Crippen molar-refractivity contribution in [3.8, 4) is 0 Å². The molecule has 47 heavy (non-hydrogen) atoms. The van der Waals surface area contributed by atoms with Crippen LogP contribution in [0.1, 0.15) is 30.2 Å². The lowest BCUT2D eigenvalue weighted by molar-refractivity contribution is -0.122. The van der Waals surface area contributed by atoms with Crippen LogP contribution in [0.2, 0.25) is 0 Å². The van der Waals surface area contributed by atoms with Gasteiger partial charge in [-0.1, -0.05) is 81.5 Å². The highest BCUT2D eigenvalue weighted by Crippen LogP contribution is 2.54. The first-order chi connectivity index (χ1) is 22.8. The van der Waals surface area contributed by atoms with E-state index in [1.807, 2.05) is 66.7 Å². The second-order valence-corrected chi connectivity index (χ2v) is 14.6. The number of thiazole rings is 1. The quantitative estimate of drug-likeness (QED) is 0.172. The van der Waals surface area contributed by atoms with E-state index in [0.29, 0.717) is 21.3 Å². The van der Waals surface area contributed by atoms with Crippen molar-refractivity contribution in [3.63, 3.8) is 0 Å². The lowest BCUT2D eigenvalue weighted by Gasteiger charge is -2.31. The summed E-state index contributed by atoms with van der Waals surface area (Å²) in [7, 11) is 0. The van der Waals surface area contributed by atoms with Crippen LogP contribution in [-0.2, 0) is 20.9 Å². The third-order valence-corrected chi connectivity index (χ3v) is 12.0. The molecule has 3 heterocycles. The maximum Gasteiger partial charge on any atom is 0.308 e. The van der Waals surface area contributed by atoms with Gasteiger partial charge in [0.15, 0.2) is 0 Å². The van der Waals surface area contributed by atoms with E-state index in [2.05, 4.69) is 40.0 Å². The maximum atomic E-state index is 14.2. The van der Waals surface area contributed by atoms with Crippen molar-refractivity contribution in [3.05, 3.63) is 116 Å². The van der Waals surface area contributed by atoms with Crippen molar-refractivity contribution in [1.82, 2.24) is 4.57 Å². The Morgan fingerprint density at radius 1 is 0.872 bits per heavy atom. The van der Waals surface area contributed by atoms with E-state index in [-0.39, 0.29) is 29.1 Å². The van der Waals surface area contributed by atoms with Crippen molar-refractivity contribution in [2.75, 3.05) is 28.2 Å². The summed E-state index contributed by atoms with van der Waals surface area (Å²) in [6.07, 6.45) is 0. The molecule has 0 radical (unpaired) electrons. The molecule has 5 aromatic rings. The first-order valence-corrected chi connectivity index (χ1v) is 17.9. The number of carbonyl (C=O) groups excluding carboxylic acids is 3. The minimum absolute atomic E-state index is 0.214. The number of imide groups is 1. The summed E-state index contributed by atoms with van der Waals surface area (Å²) < 4.78 is 2.29. The van der Waals surface area contributed by atoms with Crippen molar-refractivity contribution in [2.24, 2.45) is 5.92 Å². The number of nitrogens with zero attached hydrogens (tertiary/aromatic N) is 3. The Kier molecular flexibility index (Phi) is 8.54. The molecular formula is C36H31BrN4O4S2. The van der Waals surface area contributed by atoms with Gasteiger partial charge in [-0.2, -0.15) is 0 Å². The second kappa shape index (κ2) is 12.8. The molecule has 1 N–H and O–H groups in total. The molecule has 3 atom stereocenters. The molecule has 0 aliphatic carbocycles. The monoisotopic (exact) mass is 726 g/mol. The third kappa shape index (κ3) is 5.70. The lowest BCUT2D eigenvalue weighted by Crippen LogP contribution is -2.33. The summed E-state index contributed by atoms with van der Waals surface area (Å²) in [6, 6.07) is 28.7. The SMILES string of the molecule is CCN(CC)c1ccc([C@H]2c3sc(=O)n(CC(=O)Nc4ccc5ccccc5c4)c3SC3C(=O)N(c4ccc(Br)cc4)C(=O)C32)cc1. The van der Waals surface area contributed by atoms with E-state index in [1.165, 1.54) is 21.2 Å². The van der Waals surface area contributed by atoms with Crippen LogP contribution in [-0.4, -0.2) is 40.6 Å². The minimum Gasteiger partial charge on any atom is -0.372 e. The van der Waals surface area contributed by atoms with Crippen LogP contribution in [0.25, 0.3) is 10.8 Å². The molecule has 2 aliphatic rings. The number of carbonyl (C=O) groups is 3. The zero-order valence-corrected chi connectivity index (χ0v) is 28.9. The van der Waals surface area contributed by atoms with E-state index < -0.39 is 17.1 Å². The highest BCUT2D eigenvalue weighted by molar-refractivity contribution is 9.10. The van der Waals surface area contributed by atoms with Crippen LogP contribution in [0.15, 0.2) is 105 Å². The van der Waals surface area contributed by atoms with Crippen LogP contribution >= 0.6 is 39.0 Å². The lowest BCUT2D eigenvalue weighted by atomic mass is 9.83. The van der Waals surface area contributed by atoms with Gasteiger partial charge in [-0.3, -0.25) is 23.7 Å². The molecule has 1 saturated heterocycles. The molecule has 1 aromatic heterocycles. The van der Waals surface area contributed by atoms with Gasteiger partial charge >= 0.3 is 4.87 Å². The van der Waals surface area contributed by atoms with Crippen molar-refractivity contribution in [1.29, 1.82) is 0 Å². The minimum atomic E-state index is -0.755. The molecule has 2 unspecified atom stereocenters. The molecule has 0 bridgehead atoms. The fourth-order valence-electron chi connectivity index (χ4n) is 6.55. The Hall–Kier alpha value is -4.19. The van der Waals surface area contributed by atoms with Gasteiger partial charge in [0.1, 0.15) is 11.8 Å². The number of benzene rings is 4. The number of thioether (sulfide) groups is 1. The van der Waals surface area contributed by atoms with E-state index >= 15 is 0 Å². The van der Waals surface area contributed by atoms with Gasteiger partial charge in [0, 0.05) is 39.7 Å². The van der Waals surface area contributed by atoms with Crippen LogP contribution in [0, 0.1) is 5.92 Å². The van der Waals surface area contributed by atoms with E-state index in [4.69, 9.17) is 0 Å². The number of hydrogen-bond donors (Lipinski definition) is 1. The van der Waals surface area contributed by atoms with Gasteiger partial charge in [-0.25, -0.2) is 4.90 Å². The van der Waals surface area contributed by atoms with E-state index in [0.717, 1.165) is 50.9 Å². The van der Waals surface area contributed by atoms with Crippen LogP contribution in [0.5, 0.6) is 0 Å². The Bertz CT molecular complexity index is 2070. The number of amides is 3. The summed E-state index contributed by atoms with van der Waals surface area (Å²) in [6.45, 7) is 5.69. The predicted molar refractivity (Wildman–Crippen MR) is 193 cm³/mol. The molecule has 0 spiro atoms. The van der Waals surface area contributed by atoms with Gasteiger partial charge in [-0.05, 0) is 78.7 Å². The van der Waals surface area contributed by atoms with Crippen LogP contribution in [0.3, 0.4) is 0 Å². The number of nitrogens with one attached hydrogen (secondary N) is 1. The average molecular weight is 728 g/mol. The second-order valence-electron chi connectivity index (χ2n) is 11.5. The molecule has 7 rings (SSSR count).